The van der Waals surface area contributed by atoms with Gasteiger partial charge < -0.3 is 10.1 Å². The predicted octanol–water partition coefficient (Wildman–Crippen LogP) is 3.57. The number of ether oxygens (including phenoxy) is 1. The van der Waals surface area contributed by atoms with Gasteiger partial charge in [0.2, 0.25) is 5.91 Å². The van der Waals surface area contributed by atoms with Crippen LogP contribution >= 0.6 is 0 Å². The monoisotopic (exact) mass is 450 g/mol. The smallest absolute Gasteiger partial charge is 0.329 e. The molecule has 1 aliphatic rings. The van der Waals surface area contributed by atoms with Crippen molar-refractivity contribution in [3.05, 3.63) is 64.6 Å². The highest BCUT2D eigenvalue weighted by atomic mass is 16.5. The Balaban J connectivity index is 1.45. The minimum atomic E-state index is -0.0479. The molecular formula is C26H34N4O3. The number of aromatic nitrogens is 2. The van der Waals surface area contributed by atoms with Gasteiger partial charge in [-0.3, -0.25) is 18.8 Å². The molecule has 2 aromatic carbocycles. The zero-order valence-corrected chi connectivity index (χ0v) is 19.6. The number of amides is 1. The highest BCUT2D eigenvalue weighted by Gasteiger charge is 2.26. The normalized spacial score (nSPS) is 15.1. The summed E-state index contributed by atoms with van der Waals surface area (Å²) in [6, 6.07) is 15.9. The maximum atomic E-state index is 13.0. The number of likely N-dealkylation sites (tertiary alicyclic amines) is 1. The summed E-state index contributed by atoms with van der Waals surface area (Å²) in [5.74, 6) is 0.798. The average Bonchev–Trinajstić information content (AvgIpc) is 3.46. The van der Waals surface area contributed by atoms with E-state index in [1.807, 2.05) is 42.5 Å². The zero-order chi connectivity index (χ0) is 23.2. The molecule has 176 valence electrons. The van der Waals surface area contributed by atoms with Crippen molar-refractivity contribution in [1.29, 1.82) is 0 Å². The van der Waals surface area contributed by atoms with Crippen molar-refractivity contribution in [1.82, 2.24) is 19.4 Å². The fraction of sp³-hybridized carbons (Fsp3) is 0.462. The van der Waals surface area contributed by atoms with Gasteiger partial charge in [-0.1, -0.05) is 37.3 Å². The molecule has 0 aliphatic carbocycles. The third kappa shape index (κ3) is 4.98. The van der Waals surface area contributed by atoms with E-state index in [0.717, 1.165) is 41.9 Å². The molecule has 0 saturated carbocycles. The number of para-hydroxylation sites is 3. The lowest BCUT2D eigenvalue weighted by atomic mass is 10.0. The fourth-order valence-corrected chi connectivity index (χ4v) is 4.87. The lowest BCUT2D eigenvalue weighted by Crippen LogP contribution is -2.37. The van der Waals surface area contributed by atoms with Crippen LogP contribution < -0.4 is 15.7 Å². The van der Waals surface area contributed by atoms with E-state index < -0.39 is 0 Å². The summed E-state index contributed by atoms with van der Waals surface area (Å²) in [5.41, 5.74) is 2.86. The van der Waals surface area contributed by atoms with E-state index in [2.05, 4.69) is 23.2 Å². The topological polar surface area (TPSA) is 68.5 Å². The molecule has 0 bridgehead atoms. The Morgan fingerprint density at radius 2 is 1.64 bits per heavy atom. The second-order valence-corrected chi connectivity index (χ2v) is 8.63. The number of hydrogen-bond acceptors (Lipinski definition) is 4. The SMILES string of the molecule is CCCn1c(=O)n(CCC(=O)NCC(c2ccccc2OC)N2CCCC2)c2ccccc21. The van der Waals surface area contributed by atoms with Gasteiger partial charge in [0.05, 0.1) is 24.2 Å². The lowest BCUT2D eigenvalue weighted by molar-refractivity contribution is -0.121. The third-order valence-electron chi connectivity index (χ3n) is 6.51. The number of fused-ring (bicyclic) bond motifs is 1. The second kappa shape index (κ2) is 10.7. The van der Waals surface area contributed by atoms with Gasteiger partial charge in [0.25, 0.3) is 0 Å². The summed E-state index contributed by atoms with van der Waals surface area (Å²) >= 11 is 0. The van der Waals surface area contributed by atoms with Crippen LogP contribution in [0.2, 0.25) is 0 Å². The van der Waals surface area contributed by atoms with Gasteiger partial charge in [-0.2, -0.15) is 0 Å². The van der Waals surface area contributed by atoms with Gasteiger partial charge in [0.1, 0.15) is 5.75 Å². The van der Waals surface area contributed by atoms with Gasteiger partial charge in [-0.25, -0.2) is 4.79 Å². The molecule has 0 spiro atoms. The number of hydrogen-bond donors (Lipinski definition) is 1. The molecule has 33 heavy (non-hydrogen) atoms. The van der Waals surface area contributed by atoms with E-state index in [1.165, 1.54) is 12.8 Å². The van der Waals surface area contributed by atoms with Gasteiger partial charge in [-0.05, 0) is 50.6 Å². The van der Waals surface area contributed by atoms with Crippen LogP contribution in [0.4, 0.5) is 0 Å². The number of benzene rings is 2. The van der Waals surface area contributed by atoms with Gasteiger partial charge in [-0.15, -0.1) is 0 Å². The van der Waals surface area contributed by atoms with E-state index in [-0.39, 0.29) is 24.1 Å². The Kier molecular flexibility index (Phi) is 7.50. The van der Waals surface area contributed by atoms with Crippen molar-refractivity contribution in [3.8, 4) is 5.75 Å². The summed E-state index contributed by atoms with van der Waals surface area (Å²) in [5, 5.41) is 3.12. The molecule has 1 fully saturated rings. The minimum absolute atomic E-state index is 0.0465. The largest absolute Gasteiger partial charge is 0.496 e. The molecule has 0 radical (unpaired) electrons. The summed E-state index contributed by atoms with van der Waals surface area (Å²) in [7, 11) is 1.69. The Hall–Kier alpha value is -3.06. The van der Waals surface area contributed by atoms with Crippen LogP contribution in [0, 0.1) is 0 Å². The Morgan fingerprint density at radius 3 is 2.30 bits per heavy atom. The average molecular weight is 451 g/mol. The van der Waals surface area contributed by atoms with Crippen LogP contribution in [0.5, 0.6) is 5.75 Å². The molecule has 1 atom stereocenters. The van der Waals surface area contributed by atoms with Crippen LogP contribution in [0.1, 0.15) is 44.2 Å². The molecular weight excluding hydrogens is 416 g/mol. The molecule has 1 aromatic heterocycles. The number of aryl methyl sites for hydroxylation is 2. The van der Waals surface area contributed by atoms with Gasteiger partial charge in [0, 0.05) is 31.6 Å². The van der Waals surface area contributed by atoms with Crippen molar-refractivity contribution in [2.75, 3.05) is 26.7 Å². The third-order valence-corrected chi connectivity index (χ3v) is 6.51. The van der Waals surface area contributed by atoms with Gasteiger partial charge in [0.15, 0.2) is 0 Å². The molecule has 1 amide bonds. The highest BCUT2D eigenvalue weighted by Crippen LogP contribution is 2.31. The summed E-state index contributed by atoms with van der Waals surface area (Å²) < 4.78 is 9.12. The van der Waals surface area contributed by atoms with Crippen molar-refractivity contribution in [2.24, 2.45) is 0 Å². The lowest BCUT2D eigenvalue weighted by Gasteiger charge is -2.29. The van der Waals surface area contributed by atoms with E-state index in [1.54, 1.807) is 16.2 Å². The number of nitrogens with zero attached hydrogens (tertiary/aromatic N) is 3. The molecule has 1 saturated heterocycles. The molecule has 1 aliphatic heterocycles. The number of rotatable bonds is 10. The first-order valence-corrected chi connectivity index (χ1v) is 12.0. The van der Waals surface area contributed by atoms with Crippen molar-refractivity contribution < 1.29 is 9.53 Å². The zero-order valence-electron chi connectivity index (χ0n) is 19.6. The number of nitrogens with one attached hydrogen (secondary N) is 1. The molecule has 4 rings (SSSR count). The Labute approximate surface area is 195 Å². The molecule has 1 N–H and O–H groups in total. The van der Waals surface area contributed by atoms with Gasteiger partial charge >= 0.3 is 5.69 Å². The first-order valence-electron chi connectivity index (χ1n) is 12.0. The Morgan fingerprint density at radius 1 is 1.00 bits per heavy atom. The van der Waals surface area contributed by atoms with Crippen molar-refractivity contribution in [3.63, 3.8) is 0 Å². The maximum Gasteiger partial charge on any atom is 0.329 e. The maximum absolute atomic E-state index is 13.0. The molecule has 7 nitrogen and oxygen atoms in total. The number of imidazole rings is 1. The van der Waals surface area contributed by atoms with E-state index in [4.69, 9.17) is 4.74 Å². The number of methoxy groups -OCH3 is 1. The molecule has 2 heterocycles. The van der Waals surface area contributed by atoms with E-state index in [9.17, 15) is 9.59 Å². The quantitative estimate of drug-likeness (QED) is 0.513. The van der Waals surface area contributed by atoms with E-state index >= 15 is 0 Å². The van der Waals surface area contributed by atoms with Crippen LogP contribution in [0.3, 0.4) is 0 Å². The molecule has 3 aromatic rings. The predicted molar refractivity (Wildman–Crippen MR) is 131 cm³/mol. The van der Waals surface area contributed by atoms with Crippen molar-refractivity contribution >= 4 is 16.9 Å². The summed E-state index contributed by atoms with van der Waals surface area (Å²) in [6.45, 7) is 5.66. The molecule has 1 unspecified atom stereocenters. The van der Waals surface area contributed by atoms with Crippen LogP contribution in [0.15, 0.2) is 53.3 Å². The second-order valence-electron chi connectivity index (χ2n) is 8.63. The van der Waals surface area contributed by atoms with Crippen molar-refractivity contribution in [2.45, 2.75) is 51.7 Å². The highest BCUT2D eigenvalue weighted by molar-refractivity contribution is 5.78. The first-order chi connectivity index (χ1) is 16.1. The number of carbonyl (C=O) groups excluding carboxylic acids is 1. The summed E-state index contributed by atoms with van der Waals surface area (Å²) in [4.78, 5) is 28.2. The summed E-state index contributed by atoms with van der Waals surface area (Å²) in [6.07, 6.45) is 3.49. The fourth-order valence-electron chi connectivity index (χ4n) is 4.87. The van der Waals surface area contributed by atoms with E-state index in [0.29, 0.717) is 19.6 Å². The first kappa shape index (κ1) is 23.1. The minimum Gasteiger partial charge on any atom is -0.496 e. The van der Waals surface area contributed by atoms with Crippen LogP contribution in [-0.4, -0.2) is 46.7 Å². The number of carbonyl (C=O) groups is 1. The Bertz CT molecular complexity index is 1140. The molecule has 7 heteroatoms. The van der Waals surface area contributed by atoms with Crippen LogP contribution in [0.25, 0.3) is 11.0 Å². The van der Waals surface area contributed by atoms with Crippen LogP contribution in [-0.2, 0) is 17.9 Å². The standard InChI is InChI=1S/C26H34N4O3/c1-3-15-29-21-11-5-6-12-22(21)30(26(29)32)18-14-25(31)27-19-23(28-16-8-9-17-28)20-10-4-7-13-24(20)33-2/h4-7,10-13,23H,3,8-9,14-19H2,1-2H3,(H,27,31).